The van der Waals surface area contributed by atoms with E-state index in [0.717, 1.165) is 16.0 Å². The summed E-state index contributed by atoms with van der Waals surface area (Å²) in [5, 5.41) is 9.60. The maximum atomic E-state index is 13.2. The van der Waals surface area contributed by atoms with E-state index in [1.165, 1.54) is 11.3 Å². The van der Waals surface area contributed by atoms with Crippen molar-refractivity contribution in [1.29, 1.82) is 5.26 Å². The van der Waals surface area contributed by atoms with Crippen LogP contribution in [0.5, 0.6) is 0 Å². The third kappa shape index (κ3) is 4.59. The fraction of sp³-hybridized carbons (Fsp3) is 0.292. The molecule has 3 aromatic rings. The van der Waals surface area contributed by atoms with Gasteiger partial charge in [-0.1, -0.05) is 60.7 Å². The van der Waals surface area contributed by atoms with Crippen molar-refractivity contribution in [3.63, 3.8) is 0 Å². The van der Waals surface area contributed by atoms with E-state index < -0.39 is 0 Å². The molecule has 1 saturated heterocycles. The summed E-state index contributed by atoms with van der Waals surface area (Å²) in [5.41, 5.74) is 4.07. The molecular formula is C24H24N4OS. The van der Waals surface area contributed by atoms with E-state index in [2.05, 4.69) is 40.2 Å². The minimum atomic E-state index is -0.281. The number of rotatable bonds is 6. The molecule has 1 fully saturated rings. The number of hydrogen-bond acceptors (Lipinski definition) is 5. The summed E-state index contributed by atoms with van der Waals surface area (Å²) in [5.74, 6) is 0.209. The number of nitrogens with zero attached hydrogens (tertiary/aromatic N) is 4. The molecule has 0 N–H and O–H groups in total. The molecule has 4 rings (SSSR count). The molecule has 0 aliphatic carbocycles. The molecule has 5 nitrogen and oxygen atoms in total. The number of carbonyl (C=O) groups is 1. The summed E-state index contributed by atoms with van der Waals surface area (Å²) in [6.07, 6.45) is 2.21. The molecule has 0 spiro atoms. The molecular weight excluding hydrogens is 392 g/mol. The molecule has 1 aliphatic heterocycles. The molecule has 30 heavy (non-hydrogen) atoms. The van der Waals surface area contributed by atoms with Crippen LogP contribution in [0.4, 0.5) is 0 Å². The van der Waals surface area contributed by atoms with Crippen molar-refractivity contribution >= 4 is 17.2 Å². The van der Waals surface area contributed by atoms with Gasteiger partial charge in [0.15, 0.2) is 0 Å². The Morgan fingerprint density at radius 2 is 1.60 bits per heavy atom. The minimum Gasteiger partial charge on any atom is -0.340 e. The third-order valence-corrected chi connectivity index (χ3v) is 6.49. The number of hydrogen-bond donors (Lipinski definition) is 0. The lowest BCUT2D eigenvalue weighted by Gasteiger charge is -2.37. The van der Waals surface area contributed by atoms with Gasteiger partial charge < -0.3 is 4.90 Å². The fourth-order valence-corrected chi connectivity index (χ4v) is 4.71. The summed E-state index contributed by atoms with van der Waals surface area (Å²) in [4.78, 5) is 22.3. The van der Waals surface area contributed by atoms with Crippen LogP contribution >= 0.6 is 11.3 Å². The van der Waals surface area contributed by atoms with E-state index in [9.17, 15) is 10.1 Å². The Balaban J connectivity index is 1.42. The van der Waals surface area contributed by atoms with Crippen LogP contribution in [0.3, 0.4) is 0 Å². The van der Waals surface area contributed by atoms with Gasteiger partial charge in [0.2, 0.25) is 5.91 Å². The van der Waals surface area contributed by atoms with Crippen LogP contribution in [0.15, 0.2) is 72.4 Å². The van der Waals surface area contributed by atoms with Gasteiger partial charge in [-0.2, -0.15) is 5.26 Å². The maximum Gasteiger partial charge on any atom is 0.223 e. The van der Waals surface area contributed by atoms with E-state index in [4.69, 9.17) is 0 Å². The molecule has 2 heterocycles. The molecule has 0 radical (unpaired) electrons. The number of piperazine rings is 1. The molecule has 152 valence electrons. The second kappa shape index (κ2) is 9.66. The first-order valence-electron chi connectivity index (χ1n) is 10.2. The molecule has 1 unspecified atom stereocenters. The van der Waals surface area contributed by atoms with E-state index in [1.54, 1.807) is 11.7 Å². The standard InChI is InChI=1S/C24H24N4OS/c25-16-22(23-17-26-18-30-23)27-11-13-28(14-12-27)24(29)15-21(19-7-3-1-4-8-19)20-9-5-2-6-10-20/h1-10,17-18,21-22H,11-15H2. The van der Waals surface area contributed by atoms with Gasteiger partial charge >= 0.3 is 0 Å². The zero-order valence-electron chi connectivity index (χ0n) is 16.7. The second-order valence-corrected chi connectivity index (χ2v) is 8.35. The maximum absolute atomic E-state index is 13.2. The van der Waals surface area contributed by atoms with Crippen molar-refractivity contribution in [1.82, 2.24) is 14.8 Å². The van der Waals surface area contributed by atoms with Gasteiger partial charge in [0.1, 0.15) is 6.04 Å². The molecule has 0 bridgehead atoms. The van der Waals surface area contributed by atoms with Crippen molar-refractivity contribution < 1.29 is 4.79 Å². The highest BCUT2D eigenvalue weighted by molar-refractivity contribution is 7.09. The molecule has 1 aliphatic rings. The molecule has 0 saturated carbocycles. The Morgan fingerprint density at radius 3 is 2.10 bits per heavy atom. The number of carbonyl (C=O) groups excluding carboxylic acids is 1. The van der Waals surface area contributed by atoms with Gasteiger partial charge in [0.05, 0.1) is 16.5 Å². The summed E-state index contributed by atoms with van der Waals surface area (Å²) in [6.45, 7) is 2.69. The first-order chi connectivity index (χ1) is 14.8. The normalized spacial score (nSPS) is 15.7. The molecule has 1 aromatic heterocycles. The number of benzene rings is 2. The zero-order valence-corrected chi connectivity index (χ0v) is 17.5. The van der Waals surface area contributed by atoms with Crippen LogP contribution in [0.2, 0.25) is 0 Å². The van der Waals surface area contributed by atoms with E-state index in [0.29, 0.717) is 32.6 Å². The van der Waals surface area contributed by atoms with Crippen LogP contribution in [0.25, 0.3) is 0 Å². The number of thiazole rings is 1. The van der Waals surface area contributed by atoms with Crippen LogP contribution in [-0.4, -0.2) is 46.9 Å². The van der Waals surface area contributed by atoms with E-state index in [1.807, 2.05) is 41.3 Å². The largest absolute Gasteiger partial charge is 0.340 e. The van der Waals surface area contributed by atoms with Gasteiger partial charge in [-0.25, -0.2) is 0 Å². The molecule has 6 heteroatoms. The SMILES string of the molecule is N#CC(c1cncs1)N1CCN(C(=O)CC(c2ccccc2)c2ccccc2)CC1. The van der Waals surface area contributed by atoms with Crippen molar-refractivity contribution in [3.05, 3.63) is 88.4 Å². The average Bonchev–Trinajstić information content (AvgIpc) is 3.34. The summed E-state index contributed by atoms with van der Waals surface area (Å²) in [7, 11) is 0. The predicted molar refractivity (Wildman–Crippen MR) is 118 cm³/mol. The summed E-state index contributed by atoms with van der Waals surface area (Å²) < 4.78 is 0. The number of amides is 1. The Kier molecular flexibility index (Phi) is 6.53. The summed E-state index contributed by atoms with van der Waals surface area (Å²) >= 11 is 1.50. The fourth-order valence-electron chi connectivity index (χ4n) is 4.02. The minimum absolute atomic E-state index is 0.0435. The Morgan fingerprint density at radius 1 is 1.00 bits per heavy atom. The first-order valence-corrected chi connectivity index (χ1v) is 11.0. The van der Waals surface area contributed by atoms with Crippen LogP contribution in [0, 0.1) is 11.3 Å². The highest BCUT2D eigenvalue weighted by Gasteiger charge is 2.29. The first kappa shape index (κ1) is 20.3. The van der Waals surface area contributed by atoms with Gasteiger partial charge in [0.25, 0.3) is 0 Å². The molecule has 2 aromatic carbocycles. The third-order valence-electron chi connectivity index (χ3n) is 5.66. The van der Waals surface area contributed by atoms with Crippen molar-refractivity contribution in [2.45, 2.75) is 18.4 Å². The van der Waals surface area contributed by atoms with Crippen LogP contribution in [0.1, 0.15) is 34.4 Å². The lowest BCUT2D eigenvalue weighted by atomic mass is 9.88. The van der Waals surface area contributed by atoms with Crippen LogP contribution < -0.4 is 0 Å². The average molecular weight is 417 g/mol. The zero-order chi connectivity index (χ0) is 20.8. The van der Waals surface area contributed by atoms with Gasteiger partial charge in [0, 0.05) is 44.7 Å². The van der Waals surface area contributed by atoms with Gasteiger partial charge in [-0.15, -0.1) is 11.3 Å². The lowest BCUT2D eigenvalue weighted by molar-refractivity contribution is -0.133. The smallest absolute Gasteiger partial charge is 0.223 e. The Bertz CT molecular complexity index is 938. The Hall–Kier alpha value is -3.01. The second-order valence-electron chi connectivity index (χ2n) is 7.43. The Labute approximate surface area is 181 Å². The van der Waals surface area contributed by atoms with Crippen LogP contribution in [-0.2, 0) is 4.79 Å². The van der Waals surface area contributed by atoms with E-state index >= 15 is 0 Å². The van der Waals surface area contributed by atoms with Gasteiger partial charge in [-0.3, -0.25) is 14.7 Å². The van der Waals surface area contributed by atoms with Crippen molar-refractivity contribution in [3.8, 4) is 6.07 Å². The molecule has 1 atom stereocenters. The van der Waals surface area contributed by atoms with Crippen molar-refractivity contribution in [2.75, 3.05) is 26.2 Å². The number of aromatic nitrogens is 1. The number of nitriles is 1. The molecule has 1 amide bonds. The quantitative estimate of drug-likeness (QED) is 0.608. The van der Waals surface area contributed by atoms with E-state index in [-0.39, 0.29) is 17.9 Å². The topological polar surface area (TPSA) is 60.2 Å². The monoisotopic (exact) mass is 416 g/mol. The highest BCUT2D eigenvalue weighted by Crippen LogP contribution is 2.29. The summed E-state index contributed by atoms with van der Waals surface area (Å²) in [6, 6.07) is 22.6. The highest BCUT2D eigenvalue weighted by atomic mass is 32.1. The lowest BCUT2D eigenvalue weighted by Crippen LogP contribution is -2.49. The predicted octanol–water partition coefficient (Wildman–Crippen LogP) is 4.07. The van der Waals surface area contributed by atoms with Crippen molar-refractivity contribution in [2.24, 2.45) is 0 Å². The van der Waals surface area contributed by atoms with Gasteiger partial charge in [-0.05, 0) is 11.1 Å².